The Labute approximate surface area is 205 Å². The highest BCUT2D eigenvalue weighted by molar-refractivity contribution is 7.13. The van der Waals surface area contributed by atoms with Crippen LogP contribution in [-0.4, -0.2) is 55.4 Å². The minimum absolute atomic E-state index is 0.120. The number of hydrogen-bond donors (Lipinski definition) is 1. The molecule has 182 valence electrons. The van der Waals surface area contributed by atoms with E-state index in [9.17, 15) is 14.7 Å². The van der Waals surface area contributed by atoms with E-state index in [1.165, 1.54) is 38.8 Å². The molecule has 0 radical (unpaired) electrons. The van der Waals surface area contributed by atoms with Crippen molar-refractivity contribution in [3.05, 3.63) is 58.1 Å². The van der Waals surface area contributed by atoms with E-state index in [1.807, 2.05) is 6.92 Å². The van der Waals surface area contributed by atoms with Crippen molar-refractivity contribution in [3.8, 4) is 23.0 Å². The lowest BCUT2D eigenvalue weighted by Crippen LogP contribution is -2.29. The highest BCUT2D eigenvalue weighted by Crippen LogP contribution is 2.47. The fourth-order valence-corrected chi connectivity index (χ4v) is 4.58. The number of Topliss-reactive ketones (excluding diaryl/α,β-unsaturated/α-hetero) is 1. The van der Waals surface area contributed by atoms with Gasteiger partial charge in [-0.25, -0.2) is 0 Å². The number of carbonyl (C=O) groups excluding carboxylic acids is 2. The Kier molecular flexibility index (Phi) is 6.61. The summed E-state index contributed by atoms with van der Waals surface area (Å²) in [6.45, 7) is 1.85. The number of aliphatic hydroxyl groups excluding tert-OH is 1. The third-order valence-corrected chi connectivity index (χ3v) is 6.37. The van der Waals surface area contributed by atoms with Gasteiger partial charge in [-0.3, -0.25) is 14.5 Å². The maximum absolute atomic E-state index is 13.3. The molecule has 10 nitrogen and oxygen atoms in total. The van der Waals surface area contributed by atoms with Gasteiger partial charge in [0.05, 0.1) is 40.1 Å². The van der Waals surface area contributed by atoms with Gasteiger partial charge in [0, 0.05) is 5.56 Å². The first kappa shape index (κ1) is 24.0. The van der Waals surface area contributed by atoms with Crippen molar-refractivity contribution < 1.29 is 33.6 Å². The molecule has 0 aliphatic carbocycles. The van der Waals surface area contributed by atoms with Crippen molar-refractivity contribution in [2.75, 3.05) is 33.3 Å². The van der Waals surface area contributed by atoms with E-state index >= 15 is 0 Å². The lowest BCUT2D eigenvalue weighted by molar-refractivity contribution is -0.132. The predicted octanol–water partition coefficient (Wildman–Crippen LogP) is 3.51. The molecule has 1 N–H and O–H groups in total. The molecule has 1 fully saturated rings. The summed E-state index contributed by atoms with van der Waals surface area (Å²) in [5, 5.41) is 19.3. The Bertz CT molecular complexity index is 1300. The molecule has 1 amide bonds. The van der Waals surface area contributed by atoms with E-state index < -0.39 is 17.7 Å². The maximum atomic E-state index is 13.3. The van der Waals surface area contributed by atoms with Crippen molar-refractivity contribution in [1.82, 2.24) is 10.2 Å². The summed E-state index contributed by atoms with van der Waals surface area (Å²) in [6.07, 6.45) is 0. The molecular weight excluding hydrogens is 474 g/mol. The number of ketones is 1. The maximum Gasteiger partial charge on any atom is 0.301 e. The fraction of sp³-hybridized carbons (Fsp3) is 0.250. The number of benzene rings is 2. The zero-order valence-electron chi connectivity index (χ0n) is 19.7. The van der Waals surface area contributed by atoms with Gasteiger partial charge in [0.1, 0.15) is 17.0 Å². The Morgan fingerprint density at radius 3 is 2.17 bits per heavy atom. The van der Waals surface area contributed by atoms with Crippen LogP contribution in [0.3, 0.4) is 0 Å². The lowest BCUT2D eigenvalue weighted by Gasteiger charge is -2.24. The highest BCUT2D eigenvalue weighted by Gasteiger charge is 2.48. The molecule has 3 aromatic rings. The second-order valence-corrected chi connectivity index (χ2v) is 8.35. The quantitative estimate of drug-likeness (QED) is 0.297. The van der Waals surface area contributed by atoms with E-state index in [1.54, 1.807) is 30.3 Å². The summed E-state index contributed by atoms with van der Waals surface area (Å²) in [4.78, 5) is 27.7. The summed E-state index contributed by atoms with van der Waals surface area (Å²) in [7, 11) is 5.90. The van der Waals surface area contributed by atoms with Crippen LogP contribution in [0.25, 0.3) is 5.76 Å². The van der Waals surface area contributed by atoms with E-state index in [0.717, 1.165) is 16.9 Å². The molecule has 2 heterocycles. The van der Waals surface area contributed by atoms with E-state index in [4.69, 9.17) is 18.9 Å². The van der Waals surface area contributed by atoms with Crippen LogP contribution >= 0.6 is 11.3 Å². The summed E-state index contributed by atoms with van der Waals surface area (Å²) < 4.78 is 21.7. The Morgan fingerprint density at radius 2 is 1.63 bits per heavy atom. The number of nitrogens with zero attached hydrogens (tertiary/aromatic N) is 3. The molecule has 2 aromatic carbocycles. The van der Waals surface area contributed by atoms with Crippen LogP contribution in [0.15, 0.2) is 41.4 Å². The summed E-state index contributed by atoms with van der Waals surface area (Å²) in [6, 6.07) is 7.21. The number of methoxy groups -OCH3 is 4. The zero-order chi connectivity index (χ0) is 25.3. The van der Waals surface area contributed by atoms with Crippen LogP contribution in [0.5, 0.6) is 23.0 Å². The third-order valence-electron chi connectivity index (χ3n) is 5.68. The minimum atomic E-state index is -1.04. The lowest BCUT2D eigenvalue weighted by atomic mass is 9.94. The van der Waals surface area contributed by atoms with Crippen molar-refractivity contribution >= 4 is 33.9 Å². The monoisotopic (exact) mass is 497 g/mol. The van der Waals surface area contributed by atoms with Crippen molar-refractivity contribution in [3.63, 3.8) is 0 Å². The van der Waals surface area contributed by atoms with Crippen LogP contribution in [0.2, 0.25) is 0 Å². The molecule has 4 rings (SSSR count). The molecule has 0 spiro atoms. The number of amides is 1. The molecule has 0 bridgehead atoms. The molecule has 1 saturated heterocycles. The van der Waals surface area contributed by atoms with Gasteiger partial charge in [0.2, 0.25) is 10.9 Å². The Balaban J connectivity index is 2.00. The van der Waals surface area contributed by atoms with Gasteiger partial charge in [-0.1, -0.05) is 23.5 Å². The van der Waals surface area contributed by atoms with Gasteiger partial charge in [-0.15, -0.1) is 10.2 Å². The van der Waals surface area contributed by atoms with E-state index in [-0.39, 0.29) is 16.5 Å². The van der Waals surface area contributed by atoms with Crippen molar-refractivity contribution in [2.45, 2.75) is 13.0 Å². The standard InChI is InChI=1S/C24H23N3O7S/c1-12-6-7-13(8-15(12)31-2)20(28)18-19(27(23(30)21(18)29)24-26-25-11-35-24)14-9-16(32-3)22(34-5)17(10-14)33-4/h6-11,19,28H,1-5H3/b20-18+. The summed E-state index contributed by atoms with van der Waals surface area (Å²) in [5.41, 5.74) is 2.94. The molecule has 1 unspecified atom stereocenters. The first-order chi connectivity index (χ1) is 16.9. The normalized spacial score (nSPS) is 16.9. The number of ether oxygens (including phenoxy) is 4. The fourth-order valence-electron chi connectivity index (χ4n) is 4.00. The third kappa shape index (κ3) is 4.03. The van der Waals surface area contributed by atoms with Crippen LogP contribution < -0.4 is 23.8 Å². The molecule has 11 heteroatoms. The molecule has 0 saturated carbocycles. The average molecular weight is 498 g/mol. The van der Waals surface area contributed by atoms with Gasteiger partial charge in [0.15, 0.2) is 11.5 Å². The molecule has 35 heavy (non-hydrogen) atoms. The van der Waals surface area contributed by atoms with Crippen LogP contribution in [-0.2, 0) is 9.59 Å². The number of hydrogen-bond acceptors (Lipinski definition) is 10. The van der Waals surface area contributed by atoms with Gasteiger partial charge in [0.25, 0.3) is 5.78 Å². The number of rotatable bonds is 7. The summed E-state index contributed by atoms with van der Waals surface area (Å²) >= 11 is 1.09. The van der Waals surface area contributed by atoms with E-state index in [2.05, 4.69) is 10.2 Å². The average Bonchev–Trinajstić information content (AvgIpc) is 3.49. The second kappa shape index (κ2) is 9.63. The summed E-state index contributed by atoms with van der Waals surface area (Å²) in [5.74, 6) is -0.556. The van der Waals surface area contributed by atoms with Crippen LogP contribution in [0, 0.1) is 6.92 Å². The molecule has 1 aromatic heterocycles. The second-order valence-electron chi connectivity index (χ2n) is 7.53. The van der Waals surface area contributed by atoms with Crippen LogP contribution in [0.4, 0.5) is 5.13 Å². The van der Waals surface area contributed by atoms with Crippen molar-refractivity contribution in [2.24, 2.45) is 0 Å². The molecule has 1 aliphatic rings. The van der Waals surface area contributed by atoms with Crippen molar-refractivity contribution in [1.29, 1.82) is 0 Å². The van der Waals surface area contributed by atoms with Gasteiger partial charge < -0.3 is 24.1 Å². The Hall–Kier alpha value is -4.12. The topological polar surface area (TPSA) is 120 Å². The van der Waals surface area contributed by atoms with Crippen LogP contribution in [0.1, 0.15) is 22.7 Å². The molecule has 1 aliphatic heterocycles. The smallest absolute Gasteiger partial charge is 0.301 e. The zero-order valence-corrected chi connectivity index (χ0v) is 20.5. The molecular formula is C24H23N3O7S. The number of anilines is 1. The number of aromatic nitrogens is 2. The van der Waals surface area contributed by atoms with Gasteiger partial charge in [-0.2, -0.15) is 0 Å². The predicted molar refractivity (Wildman–Crippen MR) is 129 cm³/mol. The SMILES string of the molecule is COc1cc(/C(O)=C2\C(=O)C(=O)N(c3nncs3)C2c2cc(OC)c(OC)c(OC)c2)ccc1C. The first-order valence-corrected chi connectivity index (χ1v) is 11.3. The van der Waals surface area contributed by atoms with Gasteiger partial charge in [-0.05, 0) is 36.2 Å². The van der Waals surface area contributed by atoms with E-state index in [0.29, 0.717) is 34.1 Å². The number of aliphatic hydroxyl groups is 1. The number of aryl methyl sites for hydroxylation is 1. The Morgan fingerprint density at radius 1 is 0.971 bits per heavy atom. The van der Waals surface area contributed by atoms with Gasteiger partial charge >= 0.3 is 5.91 Å². The largest absolute Gasteiger partial charge is 0.507 e. The minimum Gasteiger partial charge on any atom is -0.507 e. The molecule has 1 atom stereocenters. The first-order valence-electron chi connectivity index (χ1n) is 10.4. The highest BCUT2D eigenvalue weighted by atomic mass is 32.1. The number of carbonyl (C=O) groups is 2.